The van der Waals surface area contributed by atoms with Crippen molar-refractivity contribution in [2.24, 2.45) is 10.9 Å². The van der Waals surface area contributed by atoms with Gasteiger partial charge < -0.3 is 25.2 Å². The zero-order chi connectivity index (χ0) is 18.3. The maximum atomic E-state index is 5.60. The summed E-state index contributed by atoms with van der Waals surface area (Å²) in [5, 5.41) is 6.78. The lowest BCUT2D eigenvalue weighted by Gasteiger charge is -2.20. The fraction of sp³-hybridized carbons (Fsp3) is 0.947. The number of nitrogens with one attached hydrogen (secondary N) is 2. The largest absolute Gasteiger partial charge is 0.381 e. The van der Waals surface area contributed by atoms with Gasteiger partial charge in [-0.25, -0.2) is 0 Å². The number of hydrogen-bond donors (Lipinski definition) is 2. The van der Waals surface area contributed by atoms with Crippen molar-refractivity contribution in [1.29, 1.82) is 0 Å². The Balaban J connectivity index is 2.13. The molecule has 0 aromatic heterocycles. The summed E-state index contributed by atoms with van der Waals surface area (Å²) >= 11 is 0. The zero-order valence-electron chi connectivity index (χ0n) is 17.0. The van der Waals surface area contributed by atoms with E-state index in [-0.39, 0.29) is 0 Å². The first kappa shape index (κ1) is 22.2. The Kier molecular flexibility index (Phi) is 12.7. The number of likely N-dealkylation sites (N-methyl/N-ethyl adjacent to an activating group) is 1. The third-order valence-electron chi connectivity index (χ3n) is 4.27. The van der Waals surface area contributed by atoms with Gasteiger partial charge in [-0.15, -0.1) is 0 Å². The van der Waals surface area contributed by atoms with Gasteiger partial charge in [0.15, 0.2) is 5.96 Å². The Bertz CT molecular complexity index is 349. The lowest BCUT2D eigenvalue weighted by Crippen LogP contribution is -2.39. The maximum Gasteiger partial charge on any atom is 0.191 e. The summed E-state index contributed by atoms with van der Waals surface area (Å²) in [6.45, 7) is 16.8. The smallest absolute Gasteiger partial charge is 0.191 e. The highest BCUT2D eigenvalue weighted by atomic mass is 16.5. The van der Waals surface area contributed by atoms with Crippen molar-refractivity contribution >= 4 is 5.96 Å². The molecule has 0 aromatic carbocycles. The summed E-state index contributed by atoms with van der Waals surface area (Å²) in [5.41, 5.74) is 0. The van der Waals surface area contributed by atoms with Gasteiger partial charge in [-0.1, -0.05) is 13.8 Å². The van der Waals surface area contributed by atoms with Crippen molar-refractivity contribution in [3.8, 4) is 0 Å². The van der Waals surface area contributed by atoms with Crippen LogP contribution in [-0.2, 0) is 4.74 Å². The molecule has 0 radical (unpaired) electrons. The van der Waals surface area contributed by atoms with Gasteiger partial charge in [0.25, 0.3) is 0 Å². The summed E-state index contributed by atoms with van der Waals surface area (Å²) in [5.74, 6) is 1.54. The molecule has 0 atom stereocenters. The quantitative estimate of drug-likeness (QED) is 0.335. The first-order valence-electron chi connectivity index (χ1n) is 10.1. The molecule has 0 aliphatic carbocycles. The molecule has 2 N–H and O–H groups in total. The van der Waals surface area contributed by atoms with Crippen LogP contribution in [0.1, 0.15) is 40.0 Å². The highest BCUT2D eigenvalue weighted by Crippen LogP contribution is 2.01. The monoisotopic (exact) mass is 355 g/mol. The van der Waals surface area contributed by atoms with Gasteiger partial charge in [-0.3, -0.25) is 4.99 Å². The van der Waals surface area contributed by atoms with E-state index in [0.29, 0.717) is 5.92 Å². The van der Waals surface area contributed by atoms with E-state index in [4.69, 9.17) is 4.74 Å². The normalized spacial score (nSPS) is 17.7. The summed E-state index contributed by atoms with van der Waals surface area (Å²) in [4.78, 5) is 9.65. The fourth-order valence-electron chi connectivity index (χ4n) is 2.85. The van der Waals surface area contributed by atoms with E-state index in [1.165, 1.54) is 39.1 Å². The average molecular weight is 356 g/mol. The second kappa shape index (κ2) is 14.3. The van der Waals surface area contributed by atoms with Crippen LogP contribution in [0.15, 0.2) is 4.99 Å². The molecule has 1 saturated heterocycles. The third kappa shape index (κ3) is 12.2. The second-order valence-corrected chi connectivity index (χ2v) is 7.36. The number of aliphatic imine (C=N–C) groups is 1. The van der Waals surface area contributed by atoms with Crippen molar-refractivity contribution in [3.63, 3.8) is 0 Å². The van der Waals surface area contributed by atoms with Crippen LogP contribution in [0.4, 0.5) is 0 Å². The van der Waals surface area contributed by atoms with Crippen LogP contribution in [0.5, 0.6) is 0 Å². The van der Waals surface area contributed by atoms with Gasteiger partial charge in [0.1, 0.15) is 0 Å². The number of nitrogens with zero attached hydrogens (tertiary/aromatic N) is 3. The van der Waals surface area contributed by atoms with E-state index in [0.717, 1.165) is 51.6 Å². The average Bonchev–Trinajstić information content (AvgIpc) is 2.78. The van der Waals surface area contributed by atoms with E-state index < -0.39 is 0 Å². The molecule has 148 valence electrons. The number of ether oxygens (including phenoxy) is 1. The van der Waals surface area contributed by atoms with Crippen LogP contribution in [0.3, 0.4) is 0 Å². The summed E-state index contributed by atoms with van der Waals surface area (Å²) < 4.78 is 5.60. The minimum Gasteiger partial charge on any atom is -0.381 e. The van der Waals surface area contributed by atoms with Crippen molar-refractivity contribution in [1.82, 2.24) is 20.4 Å². The highest BCUT2D eigenvalue weighted by Gasteiger charge is 2.11. The lowest BCUT2D eigenvalue weighted by atomic mass is 10.2. The maximum absolute atomic E-state index is 5.60. The minimum absolute atomic E-state index is 0.604. The molecule has 6 nitrogen and oxygen atoms in total. The molecule has 0 bridgehead atoms. The first-order chi connectivity index (χ1) is 12.1. The molecule has 6 heteroatoms. The van der Waals surface area contributed by atoms with E-state index in [9.17, 15) is 0 Å². The van der Waals surface area contributed by atoms with Crippen molar-refractivity contribution in [2.75, 3.05) is 72.6 Å². The van der Waals surface area contributed by atoms with E-state index in [2.05, 4.69) is 53.2 Å². The van der Waals surface area contributed by atoms with Crippen LogP contribution >= 0.6 is 0 Å². The molecule has 1 rings (SSSR count). The molecular weight excluding hydrogens is 314 g/mol. The standard InChI is InChI=1S/C19H41N5O/c1-5-20-19(22-10-7-16-25-17-18(2)3)21-9-6-12-24-13-8-11-23(4)14-15-24/h18H,5-17H2,1-4H3,(H2,20,21,22). The molecule has 25 heavy (non-hydrogen) atoms. The van der Waals surface area contributed by atoms with Crippen molar-refractivity contribution in [3.05, 3.63) is 0 Å². The van der Waals surface area contributed by atoms with Crippen LogP contribution in [0, 0.1) is 5.92 Å². The Hall–Kier alpha value is -0.850. The zero-order valence-corrected chi connectivity index (χ0v) is 17.0. The molecule has 0 unspecified atom stereocenters. The van der Waals surface area contributed by atoms with Crippen LogP contribution < -0.4 is 10.6 Å². The predicted octanol–water partition coefficient (Wildman–Crippen LogP) is 1.63. The van der Waals surface area contributed by atoms with Crippen molar-refractivity contribution < 1.29 is 4.74 Å². The van der Waals surface area contributed by atoms with Crippen LogP contribution in [0.2, 0.25) is 0 Å². The fourth-order valence-corrected chi connectivity index (χ4v) is 2.85. The Morgan fingerprint density at radius 3 is 2.72 bits per heavy atom. The van der Waals surface area contributed by atoms with Crippen LogP contribution in [-0.4, -0.2) is 88.4 Å². The van der Waals surface area contributed by atoms with Crippen molar-refractivity contribution in [2.45, 2.75) is 40.0 Å². The Labute approximate surface area is 155 Å². The molecule has 0 saturated carbocycles. The molecule has 1 aliphatic heterocycles. The Morgan fingerprint density at radius 2 is 1.96 bits per heavy atom. The summed E-state index contributed by atoms with van der Waals surface area (Å²) in [6, 6.07) is 0. The predicted molar refractivity (Wildman–Crippen MR) is 107 cm³/mol. The minimum atomic E-state index is 0.604. The van der Waals surface area contributed by atoms with E-state index >= 15 is 0 Å². The molecule has 1 heterocycles. The molecule has 1 fully saturated rings. The molecule has 1 aliphatic rings. The summed E-state index contributed by atoms with van der Waals surface area (Å²) in [6.07, 6.45) is 3.42. The molecule has 0 aromatic rings. The van der Waals surface area contributed by atoms with E-state index in [1.54, 1.807) is 0 Å². The topological polar surface area (TPSA) is 52.1 Å². The summed E-state index contributed by atoms with van der Waals surface area (Å²) in [7, 11) is 2.22. The van der Waals surface area contributed by atoms with Gasteiger partial charge in [-0.05, 0) is 58.8 Å². The van der Waals surface area contributed by atoms with Gasteiger partial charge in [0, 0.05) is 45.9 Å². The Morgan fingerprint density at radius 1 is 1.12 bits per heavy atom. The van der Waals surface area contributed by atoms with Gasteiger partial charge in [0.2, 0.25) is 0 Å². The van der Waals surface area contributed by atoms with E-state index in [1.807, 2.05) is 0 Å². The second-order valence-electron chi connectivity index (χ2n) is 7.36. The molecule has 0 spiro atoms. The van der Waals surface area contributed by atoms with Gasteiger partial charge in [0.05, 0.1) is 0 Å². The highest BCUT2D eigenvalue weighted by molar-refractivity contribution is 5.79. The molecule has 0 amide bonds. The third-order valence-corrected chi connectivity index (χ3v) is 4.27. The number of guanidine groups is 1. The SMILES string of the molecule is CCNC(=NCCCOCC(C)C)NCCCN1CCCN(C)CC1. The first-order valence-corrected chi connectivity index (χ1v) is 10.1. The van der Waals surface area contributed by atoms with Gasteiger partial charge in [-0.2, -0.15) is 0 Å². The number of rotatable bonds is 11. The van der Waals surface area contributed by atoms with Crippen LogP contribution in [0.25, 0.3) is 0 Å². The number of hydrogen-bond acceptors (Lipinski definition) is 4. The lowest BCUT2D eigenvalue weighted by molar-refractivity contribution is 0.109. The molecular formula is C19H41N5O. The van der Waals surface area contributed by atoms with Gasteiger partial charge >= 0.3 is 0 Å².